The van der Waals surface area contributed by atoms with Crippen LogP contribution in [-0.2, 0) is 9.53 Å². The molecule has 1 radical (unpaired) electrons. The van der Waals surface area contributed by atoms with Crippen LogP contribution in [0.2, 0.25) is 0 Å². The van der Waals surface area contributed by atoms with Crippen molar-refractivity contribution in [2.75, 3.05) is 0 Å². The first-order chi connectivity index (χ1) is 4.79. The number of ether oxygens (including phenoxy) is 1. The molecular formula is C7H8NO2. The molecule has 0 unspecified atom stereocenters. The highest BCUT2D eigenvalue weighted by atomic mass is 16.6. The molecule has 53 valence electrons. The van der Waals surface area contributed by atoms with Crippen molar-refractivity contribution in [3.63, 3.8) is 0 Å². The lowest BCUT2D eigenvalue weighted by atomic mass is 10.4. The van der Waals surface area contributed by atoms with Crippen LogP contribution in [0, 0.1) is 6.23 Å². The summed E-state index contributed by atoms with van der Waals surface area (Å²) >= 11 is 0. The van der Waals surface area contributed by atoms with Gasteiger partial charge in [0.15, 0.2) is 0 Å². The fraction of sp³-hybridized carbons (Fsp3) is 0.143. The molecule has 0 bridgehead atoms. The molecule has 0 amide bonds. The summed E-state index contributed by atoms with van der Waals surface area (Å²) in [5, 5.41) is 2.76. The number of dihydropyridines is 1. The highest BCUT2D eigenvalue weighted by Gasteiger charge is 2.07. The van der Waals surface area contributed by atoms with E-state index in [1.54, 1.807) is 18.4 Å². The van der Waals surface area contributed by atoms with Gasteiger partial charge in [0.05, 0.1) is 0 Å². The third kappa shape index (κ3) is 1.93. The van der Waals surface area contributed by atoms with E-state index >= 15 is 0 Å². The second-order valence-electron chi connectivity index (χ2n) is 1.82. The summed E-state index contributed by atoms with van der Waals surface area (Å²) in [7, 11) is 0. The van der Waals surface area contributed by atoms with Crippen molar-refractivity contribution in [1.29, 1.82) is 0 Å². The summed E-state index contributed by atoms with van der Waals surface area (Å²) in [6.45, 7) is 1.36. The SMILES string of the molecule is CC(=O)O[C]1C=CC=CN1. The Kier molecular flexibility index (Phi) is 2.10. The lowest BCUT2D eigenvalue weighted by Crippen LogP contribution is -2.20. The number of hydrogen-bond acceptors (Lipinski definition) is 3. The number of nitrogens with one attached hydrogen (secondary N) is 1. The maximum Gasteiger partial charge on any atom is 0.305 e. The molecule has 1 N–H and O–H groups in total. The smallest absolute Gasteiger partial charge is 0.305 e. The van der Waals surface area contributed by atoms with Gasteiger partial charge in [0.1, 0.15) is 0 Å². The van der Waals surface area contributed by atoms with Gasteiger partial charge in [-0.1, -0.05) is 6.08 Å². The fourth-order valence-corrected chi connectivity index (χ4v) is 0.595. The maximum absolute atomic E-state index is 10.4. The molecular weight excluding hydrogens is 130 g/mol. The normalized spacial score (nSPS) is 16.5. The highest BCUT2D eigenvalue weighted by Crippen LogP contribution is 2.03. The highest BCUT2D eigenvalue weighted by molar-refractivity contribution is 5.67. The largest absolute Gasteiger partial charge is 0.428 e. The minimum absolute atomic E-state index is 0.317. The molecule has 0 aromatic carbocycles. The van der Waals surface area contributed by atoms with Gasteiger partial charge in [0.25, 0.3) is 6.23 Å². The Hall–Kier alpha value is -1.25. The van der Waals surface area contributed by atoms with Crippen LogP contribution in [0.4, 0.5) is 0 Å². The standard InChI is InChI=1S/C7H8NO2/c1-6(9)10-7-4-2-3-5-8-7/h2-5,8H,1H3. The van der Waals surface area contributed by atoms with E-state index in [9.17, 15) is 4.79 Å². The van der Waals surface area contributed by atoms with E-state index in [1.165, 1.54) is 6.92 Å². The second-order valence-corrected chi connectivity index (χ2v) is 1.82. The Morgan fingerprint density at radius 3 is 2.90 bits per heavy atom. The number of esters is 1. The van der Waals surface area contributed by atoms with Crippen LogP contribution in [0.25, 0.3) is 0 Å². The first kappa shape index (κ1) is 6.86. The van der Waals surface area contributed by atoms with Gasteiger partial charge in [-0.05, 0) is 12.2 Å². The van der Waals surface area contributed by atoms with Crippen LogP contribution in [0.1, 0.15) is 6.92 Å². The predicted molar refractivity (Wildman–Crippen MR) is 36.4 cm³/mol. The molecule has 0 atom stereocenters. The molecule has 0 aromatic heterocycles. The van der Waals surface area contributed by atoms with Crippen LogP contribution >= 0.6 is 0 Å². The summed E-state index contributed by atoms with van der Waals surface area (Å²) in [5.74, 6) is -0.317. The summed E-state index contributed by atoms with van der Waals surface area (Å²) in [5.41, 5.74) is 0. The number of carbonyl (C=O) groups excluding carboxylic acids is 1. The zero-order valence-electron chi connectivity index (χ0n) is 5.63. The van der Waals surface area contributed by atoms with Crippen molar-refractivity contribution in [3.05, 3.63) is 30.7 Å². The number of carbonyl (C=O) groups is 1. The van der Waals surface area contributed by atoms with Gasteiger partial charge in [-0.2, -0.15) is 0 Å². The van der Waals surface area contributed by atoms with Crippen molar-refractivity contribution in [2.24, 2.45) is 0 Å². The molecule has 0 fully saturated rings. The molecule has 1 rings (SSSR count). The molecule has 3 heteroatoms. The molecule has 10 heavy (non-hydrogen) atoms. The van der Waals surface area contributed by atoms with Crippen LogP contribution in [0.15, 0.2) is 24.4 Å². The average molecular weight is 138 g/mol. The van der Waals surface area contributed by atoms with Crippen molar-refractivity contribution in [1.82, 2.24) is 5.32 Å². The Morgan fingerprint density at radius 2 is 2.40 bits per heavy atom. The molecule has 0 saturated carbocycles. The van der Waals surface area contributed by atoms with Gasteiger partial charge in [0.2, 0.25) is 0 Å². The van der Waals surface area contributed by atoms with E-state index in [0.717, 1.165) is 0 Å². The molecule has 1 aliphatic heterocycles. The number of rotatable bonds is 1. The third-order valence-electron chi connectivity index (χ3n) is 0.934. The lowest BCUT2D eigenvalue weighted by Gasteiger charge is -2.12. The van der Waals surface area contributed by atoms with E-state index in [-0.39, 0.29) is 5.97 Å². The molecule has 0 saturated heterocycles. The van der Waals surface area contributed by atoms with Crippen LogP contribution in [0.3, 0.4) is 0 Å². The molecule has 0 spiro atoms. The summed E-state index contributed by atoms with van der Waals surface area (Å²) in [4.78, 5) is 10.4. The fourth-order valence-electron chi connectivity index (χ4n) is 0.595. The second kappa shape index (κ2) is 3.06. The zero-order chi connectivity index (χ0) is 7.40. The third-order valence-corrected chi connectivity index (χ3v) is 0.934. The van der Waals surface area contributed by atoms with Gasteiger partial charge in [-0.15, -0.1) is 0 Å². The predicted octanol–water partition coefficient (Wildman–Crippen LogP) is 0.712. The molecule has 0 aromatic rings. The molecule has 1 heterocycles. The maximum atomic E-state index is 10.4. The first-order valence-corrected chi connectivity index (χ1v) is 2.94. The Labute approximate surface area is 59.4 Å². The minimum atomic E-state index is -0.317. The molecule has 3 nitrogen and oxygen atoms in total. The minimum Gasteiger partial charge on any atom is -0.428 e. The monoisotopic (exact) mass is 138 g/mol. The van der Waals surface area contributed by atoms with E-state index in [4.69, 9.17) is 4.74 Å². The van der Waals surface area contributed by atoms with E-state index in [1.807, 2.05) is 6.08 Å². The van der Waals surface area contributed by atoms with Crippen molar-refractivity contribution in [3.8, 4) is 0 Å². The zero-order valence-corrected chi connectivity index (χ0v) is 5.63. The quantitative estimate of drug-likeness (QED) is 0.542. The van der Waals surface area contributed by atoms with Crippen LogP contribution < -0.4 is 5.32 Å². The summed E-state index contributed by atoms with van der Waals surface area (Å²) in [6, 6.07) is 0. The Morgan fingerprint density at radius 1 is 1.60 bits per heavy atom. The van der Waals surface area contributed by atoms with Crippen molar-refractivity contribution in [2.45, 2.75) is 6.92 Å². The van der Waals surface area contributed by atoms with Crippen LogP contribution in [-0.4, -0.2) is 5.97 Å². The van der Waals surface area contributed by atoms with Crippen molar-refractivity contribution < 1.29 is 9.53 Å². The summed E-state index contributed by atoms with van der Waals surface area (Å²) < 4.78 is 4.72. The van der Waals surface area contributed by atoms with E-state index < -0.39 is 0 Å². The Balaban J connectivity index is 2.37. The van der Waals surface area contributed by atoms with Gasteiger partial charge in [0, 0.05) is 13.1 Å². The number of allylic oxidation sites excluding steroid dienone is 2. The number of hydrogen-bond donors (Lipinski definition) is 1. The van der Waals surface area contributed by atoms with Gasteiger partial charge in [-0.25, -0.2) is 0 Å². The summed E-state index contributed by atoms with van der Waals surface area (Å²) in [6.07, 6.45) is 7.44. The molecule has 0 aliphatic carbocycles. The van der Waals surface area contributed by atoms with Gasteiger partial charge in [-0.3, -0.25) is 4.79 Å². The van der Waals surface area contributed by atoms with Crippen LogP contribution in [0.5, 0.6) is 0 Å². The van der Waals surface area contributed by atoms with Crippen molar-refractivity contribution >= 4 is 5.97 Å². The molecule has 1 aliphatic rings. The van der Waals surface area contributed by atoms with E-state index in [0.29, 0.717) is 6.23 Å². The van der Waals surface area contributed by atoms with Gasteiger partial charge >= 0.3 is 5.97 Å². The lowest BCUT2D eigenvalue weighted by molar-refractivity contribution is -0.139. The van der Waals surface area contributed by atoms with E-state index in [2.05, 4.69) is 5.32 Å². The Bertz CT molecular complexity index is 184. The topological polar surface area (TPSA) is 38.3 Å². The van der Waals surface area contributed by atoms with Gasteiger partial charge < -0.3 is 10.1 Å². The first-order valence-electron chi connectivity index (χ1n) is 2.94. The average Bonchev–Trinajstić information content (AvgIpc) is 1.88.